The molecule has 8 heteroatoms. The van der Waals surface area contributed by atoms with Gasteiger partial charge in [0.25, 0.3) is 0 Å². The number of guanidine groups is 1. The van der Waals surface area contributed by atoms with E-state index < -0.39 is 0 Å². The lowest BCUT2D eigenvalue weighted by atomic mass is 10.0. The second-order valence-corrected chi connectivity index (χ2v) is 8.50. The normalized spacial score (nSPS) is 18.9. The maximum absolute atomic E-state index is 5.58. The average molecular weight is 560 g/mol. The molecule has 1 heterocycles. The molecule has 3 rings (SSSR count). The second-order valence-electron chi connectivity index (χ2n) is 8.50. The molecule has 2 fully saturated rings. The van der Waals surface area contributed by atoms with Gasteiger partial charge in [-0.25, -0.2) is 0 Å². The van der Waals surface area contributed by atoms with E-state index in [1.54, 1.807) is 7.11 Å². The van der Waals surface area contributed by atoms with Crippen LogP contribution in [0.2, 0.25) is 0 Å². The van der Waals surface area contributed by atoms with E-state index in [-0.39, 0.29) is 30.0 Å². The van der Waals surface area contributed by atoms with Gasteiger partial charge in [0.1, 0.15) is 5.75 Å². The van der Waals surface area contributed by atoms with Gasteiger partial charge in [0.15, 0.2) is 5.96 Å². The molecular weight excluding hydrogens is 517 g/mol. The van der Waals surface area contributed by atoms with E-state index >= 15 is 0 Å². The summed E-state index contributed by atoms with van der Waals surface area (Å²) in [4.78, 5) is 9.94. The summed E-state index contributed by atoms with van der Waals surface area (Å²) in [5.74, 6) is 1.78. The SMILES string of the molecule is CCNC(=NCC(c1ccc(OC)cc1)N1CCOCC1)NCCN(C)C1CCCC1.I. The van der Waals surface area contributed by atoms with Crippen LogP contribution < -0.4 is 15.4 Å². The van der Waals surface area contributed by atoms with Crippen molar-refractivity contribution in [3.63, 3.8) is 0 Å². The third-order valence-corrected chi connectivity index (χ3v) is 6.46. The Morgan fingerprint density at radius 3 is 2.50 bits per heavy atom. The molecule has 182 valence electrons. The van der Waals surface area contributed by atoms with Gasteiger partial charge in [-0.2, -0.15) is 0 Å². The maximum atomic E-state index is 5.58. The van der Waals surface area contributed by atoms with E-state index in [2.05, 4.69) is 46.5 Å². The molecule has 1 aliphatic carbocycles. The largest absolute Gasteiger partial charge is 0.497 e. The number of likely N-dealkylation sites (N-methyl/N-ethyl adjacent to an activating group) is 1. The quantitative estimate of drug-likeness (QED) is 0.261. The van der Waals surface area contributed by atoms with E-state index in [1.165, 1.54) is 31.2 Å². The van der Waals surface area contributed by atoms with Gasteiger partial charge in [-0.3, -0.25) is 9.89 Å². The molecule has 1 aliphatic heterocycles. The van der Waals surface area contributed by atoms with Crippen LogP contribution in [0.4, 0.5) is 0 Å². The molecule has 32 heavy (non-hydrogen) atoms. The summed E-state index contributed by atoms with van der Waals surface area (Å²) in [5.41, 5.74) is 1.27. The fourth-order valence-corrected chi connectivity index (χ4v) is 4.54. The van der Waals surface area contributed by atoms with Crippen molar-refractivity contribution in [2.45, 2.75) is 44.7 Å². The van der Waals surface area contributed by atoms with Crippen LogP contribution in [-0.2, 0) is 4.74 Å². The van der Waals surface area contributed by atoms with Gasteiger partial charge in [0.05, 0.1) is 32.9 Å². The summed E-state index contributed by atoms with van der Waals surface area (Å²) in [6.07, 6.45) is 5.43. The minimum absolute atomic E-state index is 0. The molecule has 1 saturated heterocycles. The zero-order chi connectivity index (χ0) is 21.9. The molecule has 1 saturated carbocycles. The molecule has 0 bridgehead atoms. The minimum atomic E-state index is 0. The van der Waals surface area contributed by atoms with Crippen molar-refractivity contribution in [3.8, 4) is 5.75 Å². The van der Waals surface area contributed by atoms with Gasteiger partial charge in [-0.05, 0) is 44.5 Å². The first kappa shape index (κ1) is 27.1. The van der Waals surface area contributed by atoms with Crippen LogP contribution in [0.25, 0.3) is 0 Å². The standard InChI is InChI=1S/C24H41N5O2.HI/c1-4-25-24(26-13-14-28(2)21-7-5-6-8-21)27-19-23(29-15-17-31-18-16-29)20-9-11-22(30-3)12-10-20;/h9-12,21,23H,4-8,13-19H2,1-3H3,(H2,25,26,27);1H. The molecule has 2 aliphatic rings. The zero-order valence-corrected chi connectivity index (χ0v) is 22.3. The zero-order valence-electron chi connectivity index (χ0n) is 20.0. The van der Waals surface area contributed by atoms with E-state index in [1.807, 2.05) is 12.1 Å². The summed E-state index contributed by atoms with van der Waals surface area (Å²) in [7, 11) is 3.96. The highest BCUT2D eigenvalue weighted by Gasteiger charge is 2.23. The maximum Gasteiger partial charge on any atom is 0.191 e. The van der Waals surface area contributed by atoms with Crippen LogP contribution >= 0.6 is 24.0 Å². The van der Waals surface area contributed by atoms with Gasteiger partial charge in [0.2, 0.25) is 0 Å². The number of hydrogen-bond donors (Lipinski definition) is 2. The van der Waals surface area contributed by atoms with Crippen molar-refractivity contribution in [1.29, 1.82) is 0 Å². The van der Waals surface area contributed by atoms with Gasteiger partial charge in [0, 0.05) is 38.8 Å². The number of nitrogens with zero attached hydrogens (tertiary/aromatic N) is 3. The molecule has 1 unspecified atom stereocenters. The summed E-state index contributed by atoms with van der Waals surface area (Å²) < 4.78 is 10.9. The molecule has 7 nitrogen and oxygen atoms in total. The Labute approximate surface area is 211 Å². The van der Waals surface area contributed by atoms with Crippen molar-refractivity contribution in [3.05, 3.63) is 29.8 Å². The Kier molecular flexibility index (Phi) is 12.7. The summed E-state index contributed by atoms with van der Waals surface area (Å²) >= 11 is 0. The molecule has 0 spiro atoms. The number of rotatable bonds is 10. The lowest BCUT2D eigenvalue weighted by molar-refractivity contribution is 0.0179. The summed E-state index contributed by atoms with van der Waals surface area (Å²) in [5, 5.41) is 6.95. The molecule has 0 aromatic heterocycles. The molecule has 2 N–H and O–H groups in total. The van der Waals surface area contributed by atoms with E-state index in [9.17, 15) is 0 Å². The molecule has 0 amide bonds. The molecule has 0 radical (unpaired) electrons. The highest BCUT2D eigenvalue weighted by atomic mass is 127. The number of halogens is 1. The third-order valence-electron chi connectivity index (χ3n) is 6.46. The van der Waals surface area contributed by atoms with Crippen molar-refractivity contribution in [2.24, 2.45) is 4.99 Å². The Hall–Kier alpha value is -1.10. The molecular formula is C24H42IN5O2. The first-order valence-electron chi connectivity index (χ1n) is 11.9. The van der Waals surface area contributed by atoms with Crippen molar-refractivity contribution < 1.29 is 9.47 Å². The fourth-order valence-electron chi connectivity index (χ4n) is 4.54. The van der Waals surface area contributed by atoms with Crippen molar-refractivity contribution in [1.82, 2.24) is 20.4 Å². The van der Waals surface area contributed by atoms with Crippen LogP contribution in [0.1, 0.15) is 44.2 Å². The van der Waals surface area contributed by atoms with Crippen LogP contribution in [0.5, 0.6) is 5.75 Å². The van der Waals surface area contributed by atoms with E-state index in [0.717, 1.165) is 63.7 Å². The van der Waals surface area contributed by atoms with Gasteiger partial charge in [-0.1, -0.05) is 25.0 Å². The van der Waals surface area contributed by atoms with E-state index in [4.69, 9.17) is 14.5 Å². The summed E-state index contributed by atoms with van der Waals surface area (Å²) in [6, 6.07) is 9.37. The highest BCUT2D eigenvalue weighted by molar-refractivity contribution is 14.0. The number of ether oxygens (including phenoxy) is 2. The summed E-state index contributed by atoms with van der Waals surface area (Å²) in [6.45, 7) is 9.05. The van der Waals surface area contributed by atoms with Crippen LogP contribution in [0.15, 0.2) is 29.3 Å². The Morgan fingerprint density at radius 1 is 1.19 bits per heavy atom. The molecule has 1 aromatic rings. The van der Waals surface area contributed by atoms with Crippen molar-refractivity contribution in [2.75, 3.05) is 66.6 Å². The Balaban J connectivity index is 0.00000363. The van der Waals surface area contributed by atoms with Crippen LogP contribution in [0, 0.1) is 0 Å². The molecule has 1 aromatic carbocycles. The number of morpholine rings is 1. The number of methoxy groups -OCH3 is 1. The van der Waals surface area contributed by atoms with Crippen LogP contribution in [0.3, 0.4) is 0 Å². The van der Waals surface area contributed by atoms with Crippen molar-refractivity contribution >= 4 is 29.9 Å². The lowest BCUT2D eigenvalue weighted by Crippen LogP contribution is -2.44. The smallest absolute Gasteiger partial charge is 0.191 e. The lowest BCUT2D eigenvalue weighted by Gasteiger charge is -2.34. The predicted octanol–water partition coefficient (Wildman–Crippen LogP) is 3.12. The average Bonchev–Trinajstić information content (AvgIpc) is 3.35. The topological polar surface area (TPSA) is 61.4 Å². The number of benzene rings is 1. The number of aliphatic imine (C=N–C) groups is 1. The van der Waals surface area contributed by atoms with Gasteiger partial charge in [-0.15, -0.1) is 24.0 Å². The minimum Gasteiger partial charge on any atom is -0.497 e. The van der Waals surface area contributed by atoms with Gasteiger partial charge < -0.3 is 25.0 Å². The Bertz CT molecular complexity index is 661. The monoisotopic (exact) mass is 559 g/mol. The molecule has 1 atom stereocenters. The predicted molar refractivity (Wildman–Crippen MR) is 142 cm³/mol. The third kappa shape index (κ3) is 8.35. The highest BCUT2D eigenvalue weighted by Crippen LogP contribution is 2.25. The fraction of sp³-hybridized carbons (Fsp3) is 0.708. The van der Waals surface area contributed by atoms with Gasteiger partial charge >= 0.3 is 0 Å². The Morgan fingerprint density at radius 2 is 1.88 bits per heavy atom. The first-order chi connectivity index (χ1) is 15.2. The first-order valence-corrected chi connectivity index (χ1v) is 11.9. The second kappa shape index (κ2) is 14.9. The van der Waals surface area contributed by atoms with E-state index in [0.29, 0.717) is 6.54 Å². The number of hydrogen-bond acceptors (Lipinski definition) is 5. The number of nitrogens with one attached hydrogen (secondary N) is 2. The van der Waals surface area contributed by atoms with Crippen LogP contribution in [-0.4, -0.2) is 88.4 Å².